The predicted octanol–water partition coefficient (Wildman–Crippen LogP) is 4.23. The third kappa shape index (κ3) is 3.40. The van der Waals surface area contributed by atoms with Crippen molar-refractivity contribution < 1.29 is 12.8 Å². The van der Waals surface area contributed by atoms with Gasteiger partial charge in [0.1, 0.15) is 5.82 Å². The van der Waals surface area contributed by atoms with Gasteiger partial charge in [-0.25, -0.2) is 17.5 Å². The molecule has 1 N–H and O–H groups in total. The van der Waals surface area contributed by atoms with Crippen molar-refractivity contribution in [3.63, 3.8) is 0 Å². The van der Waals surface area contributed by atoms with Gasteiger partial charge in [0.15, 0.2) is 0 Å². The molecule has 124 valence electrons. The zero-order valence-electron chi connectivity index (χ0n) is 13.3. The molecule has 0 bridgehead atoms. The van der Waals surface area contributed by atoms with Gasteiger partial charge in [-0.2, -0.15) is 0 Å². The van der Waals surface area contributed by atoms with Crippen molar-refractivity contribution in [1.82, 2.24) is 4.72 Å². The summed E-state index contributed by atoms with van der Waals surface area (Å²) >= 11 is 0. The topological polar surface area (TPSA) is 46.2 Å². The van der Waals surface area contributed by atoms with Crippen LogP contribution in [-0.2, 0) is 10.0 Å². The van der Waals surface area contributed by atoms with E-state index in [-0.39, 0.29) is 10.9 Å². The lowest BCUT2D eigenvalue weighted by molar-refractivity contribution is 0.303. The first-order valence-corrected chi connectivity index (χ1v) is 9.67. The van der Waals surface area contributed by atoms with Crippen molar-refractivity contribution in [1.29, 1.82) is 0 Å². The minimum Gasteiger partial charge on any atom is -0.208 e. The summed E-state index contributed by atoms with van der Waals surface area (Å²) in [5.74, 6) is -0.0230. The average Bonchev–Trinajstić information content (AvgIpc) is 2.55. The number of hydrogen-bond donors (Lipinski definition) is 1. The summed E-state index contributed by atoms with van der Waals surface area (Å²) in [6, 6.07) is 9.16. The SMILES string of the molecule is CC(NS(=O)(=O)c1ccc(F)c2ccccc12)C1CCCCC1. The van der Waals surface area contributed by atoms with E-state index < -0.39 is 15.8 Å². The van der Waals surface area contributed by atoms with E-state index in [2.05, 4.69) is 4.72 Å². The maximum atomic E-state index is 13.9. The molecule has 5 heteroatoms. The van der Waals surface area contributed by atoms with Gasteiger partial charge in [0, 0.05) is 16.8 Å². The van der Waals surface area contributed by atoms with Crippen LogP contribution in [0, 0.1) is 11.7 Å². The Kier molecular flexibility index (Phi) is 4.69. The number of hydrogen-bond acceptors (Lipinski definition) is 2. The highest BCUT2D eigenvalue weighted by Crippen LogP contribution is 2.29. The first-order valence-electron chi connectivity index (χ1n) is 8.18. The van der Waals surface area contributed by atoms with E-state index in [9.17, 15) is 12.8 Å². The maximum absolute atomic E-state index is 13.9. The summed E-state index contributed by atoms with van der Waals surface area (Å²) in [5, 5.41) is 0.761. The third-order valence-electron chi connectivity index (χ3n) is 4.82. The van der Waals surface area contributed by atoms with E-state index >= 15 is 0 Å². The molecule has 0 aromatic heterocycles. The highest BCUT2D eigenvalue weighted by Gasteiger charge is 2.26. The third-order valence-corrected chi connectivity index (χ3v) is 6.44. The van der Waals surface area contributed by atoms with Crippen molar-refractivity contribution in [3.8, 4) is 0 Å². The molecule has 1 aliphatic carbocycles. The molecule has 2 aromatic carbocycles. The number of nitrogens with one attached hydrogen (secondary N) is 1. The Hall–Kier alpha value is -1.46. The van der Waals surface area contributed by atoms with Crippen LogP contribution in [0.4, 0.5) is 4.39 Å². The van der Waals surface area contributed by atoms with Crippen LogP contribution in [0.2, 0.25) is 0 Å². The molecule has 1 fully saturated rings. The number of halogens is 1. The molecule has 0 aliphatic heterocycles. The van der Waals surface area contributed by atoms with Gasteiger partial charge in [-0.1, -0.05) is 43.5 Å². The molecule has 23 heavy (non-hydrogen) atoms. The second-order valence-corrected chi connectivity index (χ2v) is 8.08. The van der Waals surface area contributed by atoms with E-state index in [0.717, 1.165) is 25.7 Å². The standard InChI is InChI=1S/C18H22FNO2S/c1-13(14-7-3-2-4-8-14)20-23(21,22)18-12-11-17(19)15-9-5-6-10-16(15)18/h5-6,9-14,20H,2-4,7-8H2,1H3. The van der Waals surface area contributed by atoms with Crippen LogP contribution in [0.15, 0.2) is 41.3 Å². The van der Waals surface area contributed by atoms with Crippen LogP contribution < -0.4 is 4.72 Å². The van der Waals surface area contributed by atoms with Crippen LogP contribution in [0.25, 0.3) is 10.8 Å². The minimum absolute atomic E-state index is 0.107. The summed E-state index contributed by atoms with van der Waals surface area (Å²) in [7, 11) is -3.67. The predicted molar refractivity (Wildman–Crippen MR) is 90.3 cm³/mol. The van der Waals surface area contributed by atoms with Crippen LogP contribution in [0.5, 0.6) is 0 Å². The number of benzene rings is 2. The monoisotopic (exact) mass is 335 g/mol. The highest BCUT2D eigenvalue weighted by atomic mass is 32.2. The van der Waals surface area contributed by atoms with Crippen molar-refractivity contribution in [3.05, 3.63) is 42.2 Å². The number of fused-ring (bicyclic) bond motifs is 1. The average molecular weight is 335 g/mol. The highest BCUT2D eigenvalue weighted by molar-refractivity contribution is 7.89. The molecule has 1 aliphatic rings. The van der Waals surface area contributed by atoms with E-state index in [0.29, 0.717) is 16.7 Å². The fourth-order valence-corrected chi connectivity index (χ4v) is 5.03. The minimum atomic E-state index is -3.67. The normalized spacial score (nSPS) is 18.2. The van der Waals surface area contributed by atoms with Gasteiger partial charge in [0.2, 0.25) is 10.0 Å². The fraction of sp³-hybridized carbons (Fsp3) is 0.444. The lowest BCUT2D eigenvalue weighted by Gasteiger charge is -2.28. The number of rotatable bonds is 4. The van der Waals surface area contributed by atoms with Crippen LogP contribution in [0.3, 0.4) is 0 Å². The molecule has 1 saturated carbocycles. The molecule has 3 nitrogen and oxygen atoms in total. The fourth-order valence-electron chi connectivity index (χ4n) is 3.51. The molecule has 0 saturated heterocycles. The quantitative estimate of drug-likeness (QED) is 0.909. The Morgan fingerprint density at radius 2 is 1.70 bits per heavy atom. The Morgan fingerprint density at radius 1 is 1.04 bits per heavy atom. The molecule has 0 heterocycles. The second-order valence-electron chi connectivity index (χ2n) is 6.40. The molecule has 0 amide bonds. The zero-order chi connectivity index (χ0) is 16.4. The second kappa shape index (κ2) is 6.57. The maximum Gasteiger partial charge on any atom is 0.241 e. The van der Waals surface area contributed by atoms with Gasteiger partial charge in [-0.15, -0.1) is 0 Å². The van der Waals surface area contributed by atoms with Crippen molar-refractivity contribution >= 4 is 20.8 Å². The van der Waals surface area contributed by atoms with Gasteiger partial charge in [0.25, 0.3) is 0 Å². The van der Waals surface area contributed by atoms with Crippen LogP contribution in [-0.4, -0.2) is 14.5 Å². The summed E-state index contributed by atoms with van der Waals surface area (Å²) in [6.07, 6.45) is 5.69. The summed E-state index contributed by atoms with van der Waals surface area (Å²) < 4.78 is 42.3. The lowest BCUT2D eigenvalue weighted by Crippen LogP contribution is -2.38. The Balaban J connectivity index is 1.92. The van der Waals surface area contributed by atoms with Gasteiger partial charge < -0.3 is 0 Å². The smallest absolute Gasteiger partial charge is 0.208 e. The molecule has 0 spiro atoms. The zero-order valence-corrected chi connectivity index (χ0v) is 14.1. The Morgan fingerprint density at radius 3 is 2.39 bits per heavy atom. The van der Waals surface area contributed by atoms with E-state index in [1.807, 2.05) is 6.92 Å². The molecule has 0 radical (unpaired) electrons. The van der Waals surface area contributed by atoms with Crippen LogP contribution >= 0.6 is 0 Å². The number of sulfonamides is 1. The molecule has 2 aromatic rings. The first kappa shape index (κ1) is 16.4. The Bertz CT molecular complexity index is 798. The van der Waals surface area contributed by atoms with Crippen molar-refractivity contribution in [2.24, 2.45) is 5.92 Å². The van der Waals surface area contributed by atoms with E-state index in [4.69, 9.17) is 0 Å². The molecule has 1 unspecified atom stereocenters. The van der Waals surface area contributed by atoms with E-state index in [1.54, 1.807) is 24.3 Å². The summed E-state index contributed by atoms with van der Waals surface area (Å²) in [4.78, 5) is 0.150. The summed E-state index contributed by atoms with van der Waals surface area (Å²) in [6.45, 7) is 1.93. The molecule has 3 rings (SSSR count). The van der Waals surface area contributed by atoms with Crippen molar-refractivity contribution in [2.75, 3.05) is 0 Å². The summed E-state index contributed by atoms with van der Waals surface area (Å²) in [5.41, 5.74) is 0. The largest absolute Gasteiger partial charge is 0.241 e. The molecule has 1 atom stereocenters. The molecular weight excluding hydrogens is 313 g/mol. The van der Waals surface area contributed by atoms with Gasteiger partial charge in [-0.05, 0) is 37.8 Å². The van der Waals surface area contributed by atoms with Gasteiger partial charge in [-0.3, -0.25) is 0 Å². The lowest BCUT2D eigenvalue weighted by atomic mass is 9.85. The Labute approximate surface area is 137 Å². The molecular formula is C18H22FNO2S. The van der Waals surface area contributed by atoms with E-state index in [1.165, 1.54) is 18.6 Å². The van der Waals surface area contributed by atoms with Gasteiger partial charge >= 0.3 is 0 Å². The van der Waals surface area contributed by atoms with Gasteiger partial charge in [0.05, 0.1) is 4.90 Å². The van der Waals surface area contributed by atoms with Crippen LogP contribution in [0.1, 0.15) is 39.0 Å². The first-order chi connectivity index (χ1) is 11.0. The van der Waals surface area contributed by atoms with Crippen molar-refractivity contribution in [2.45, 2.75) is 50.0 Å².